The Morgan fingerprint density at radius 1 is 1.29 bits per heavy atom. The molecule has 0 aliphatic rings. The van der Waals surface area contributed by atoms with Gasteiger partial charge in [-0.15, -0.1) is 0 Å². The minimum Gasteiger partial charge on any atom is -0.389 e. The number of nitrogens with one attached hydrogen (secondary N) is 2. The van der Waals surface area contributed by atoms with Gasteiger partial charge in [0.15, 0.2) is 0 Å². The summed E-state index contributed by atoms with van der Waals surface area (Å²) >= 11 is 0. The molecule has 0 saturated carbocycles. The summed E-state index contributed by atoms with van der Waals surface area (Å²) < 4.78 is 5.27. The minimum absolute atomic E-state index is 0.0282. The third-order valence-corrected chi connectivity index (χ3v) is 1.98. The maximum absolute atomic E-state index is 11.3. The average Bonchev–Trinajstić information content (AvgIpc) is 2.20. The Kier molecular flexibility index (Phi) is 9.03. The highest BCUT2D eigenvalue weighted by atomic mass is 16.5. The number of hydrogen-bond acceptors (Lipinski definition) is 4. The molecule has 0 spiro atoms. The zero-order chi connectivity index (χ0) is 13.3. The SMILES string of the molecule is CC(C)NC(=O)CCNCC(O)COC(C)C. The fourth-order valence-corrected chi connectivity index (χ4v) is 1.23. The van der Waals surface area contributed by atoms with E-state index in [0.29, 0.717) is 26.1 Å². The summed E-state index contributed by atoms with van der Waals surface area (Å²) in [7, 11) is 0. The van der Waals surface area contributed by atoms with Crippen molar-refractivity contribution in [1.82, 2.24) is 10.6 Å². The summed E-state index contributed by atoms with van der Waals surface area (Å²) in [5, 5.41) is 15.3. The van der Waals surface area contributed by atoms with Crippen LogP contribution in [0.4, 0.5) is 0 Å². The Labute approximate surface area is 104 Å². The van der Waals surface area contributed by atoms with Crippen molar-refractivity contribution in [3.8, 4) is 0 Å². The molecule has 0 bridgehead atoms. The van der Waals surface area contributed by atoms with Crippen LogP contribution in [0.2, 0.25) is 0 Å². The highest BCUT2D eigenvalue weighted by Crippen LogP contribution is 1.91. The number of amides is 1. The Balaban J connectivity index is 3.41. The van der Waals surface area contributed by atoms with Crippen LogP contribution in [0.15, 0.2) is 0 Å². The van der Waals surface area contributed by atoms with Crippen LogP contribution in [0.25, 0.3) is 0 Å². The second-order valence-corrected chi connectivity index (χ2v) is 4.71. The van der Waals surface area contributed by atoms with Crippen molar-refractivity contribution in [3.63, 3.8) is 0 Å². The summed E-state index contributed by atoms with van der Waals surface area (Å²) in [4.78, 5) is 11.3. The third-order valence-electron chi connectivity index (χ3n) is 1.98. The van der Waals surface area contributed by atoms with E-state index in [0.717, 1.165) is 0 Å². The van der Waals surface area contributed by atoms with Gasteiger partial charge in [-0.05, 0) is 27.7 Å². The zero-order valence-electron chi connectivity index (χ0n) is 11.3. The van der Waals surface area contributed by atoms with E-state index in [4.69, 9.17) is 4.74 Å². The standard InChI is InChI=1S/C12H26N2O3/c1-9(2)14-12(16)5-6-13-7-11(15)8-17-10(3)4/h9-11,13,15H,5-8H2,1-4H3,(H,14,16). The lowest BCUT2D eigenvalue weighted by atomic mass is 10.3. The van der Waals surface area contributed by atoms with Crippen LogP contribution in [0.3, 0.4) is 0 Å². The maximum Gasteiger partial charge on any atom is 0.221 e. The molecule has 0 aromatic rings. The molecule has 102 valence electrons. The predicted molar refractivity (Wildman–Crippen MR) is 67.9 cm³/mol. The molecule has 1 amide bonds. The molecule has 5 heteroatoms. The van der Waals surface area contributed by atoms with Gasteiger partial charge in [-0.3, -0.25) is 4.79 Å². The minimum atomic E-state index is -0.523. The van der Waals surface area contributed by atoms with Gasteiger partial charge in [-0.1, -0.05) is 0 Å². The molecule has 0 heterocycles. The molecule has 17 heavy (non-hydrogen) atoms. The van der Waals surface area contributed by atoms with Crippen LogP contribution >= 0.6 is 0 Å². The van der Waals surface area contributed by atoms with Crippen molar-refractivity contribution in [2.24, 2.45) is 0 Å². The lowest BCUT2D eigenvalue weighted by Gasteiger charge is -2.14. The van der Waals surface area contributed by atoms with E-state index < -0.39 is 6.10 Å². The molecule has 1 atom stereocenters. The second-order valence-electron chi connectivity index (χ2n) is 4.71. The Morgan fingerprint density at radius 3 is 2.47 bits per heavy atom. The van der Waals surface area contributed by atoms with Crippen molar-refractivity contribution in [2.45, 2.75) is 52.4 Å². The molecule has 0 aliphatic heterocycles. The number of carbonyl (C=O) groups excluding carboxylic acids is 1. The van der Waals surface area contributed by atoms with Gasteiger partial charge in [0.25, 0.3) is 0 Å². The van der Waals surface area contributed by atoms with Gasteiger partial charge in [-0.2, -0.15) is 0 Å². The molecular weight excluding hydrogens is 220 g/mol. The summed E-state index contributed by atoms with van der Waals surface area (Å²) in [5.41, 5.74) is 0. The van der Waals surface area contributed by atoms with Crippen molar-refractivity contribution >= 4 is 5.91 Å². The first-order valence-electron chi connectivity index (χ1n) is 6.21. The Morgan fingerprint density at radius 2 is 1.94 bits per heavy atom. The summed E-state index contributed by atoms with van der Waals surface area (Å²) in [6, 6.07) is 0.174. The first-order chi connectivity index (χ1) is 7.91. The first-order valence-corrected chi connectivity index (χ1v) is 6.21. The number of rotatable bonds is 9. The molecule has 0 aliphatic carbocycles. The maximum atomic E-state index is 11.3. The van der Waals surface area contributed by atoms with Gasteiger partial charge in [0.1, 0.15) is 0 Å². The quantitative estimate of drug-likeness (QED) is 0.511. The number of hydrogen-bond donors (Lipinski definition) is 3. The van der Waals surface area contributed by atoms with Crippen LogP contribution in [0.5, 0.6) is 0 Å². The van der Waals surface area contributed by atoms with Gasteiger partial charge in [0.2, 0.25) is 5.91 Å². The second kappa shape index (κ2) is 9.39. The van der Waals surface area contributed by atoms with E-state index >= 15 is 0 Å². The third kappa shape index (κ3) is 11.6. The van der Waals surface area contributed by atoms with Gasteiger partial charge in [0, 0.05) is 25.6 Å². The normalized spacial score (nSPS) is 13.1. The highest BCUT2D eigenvalue weighted by molar-refractivity contribution is 5.76. The van der Waals surface area contributed by atoms with Crippen LogP contribution < -0.4 is 10.6 Å². The fraction of sp³-hybridized carbons (Fsp3) is 0.917. The van der Waals surface area contributed by atoms with Gasteiger partial charge >= 0.3 is 0 Å². The van der Waals surface area contributed by atoms with E-state index in [9.17, 15) is 9.90 Å². The molecule has 0 rings (SSSR count). The van der Waals surface area contributed by atoms with E-state index in [-0.39, 0.29) is 18.1 Å². The van der Waals surface area contributed by atoms with Crippen LogP contribution in [-0.4, -0.2) is 49.0 Å². The van der Waals surface area contributed by atoms with Crippen molar-refractivity contribution in [2.75, 3.05) is 19.7 Å². The van der Waals surface area contributed by atoms with Crippen LogP contribution in [-0.2, 0) is 9.53 Å². The first kappa shape index (κ1) is 16.4. The van der Waals surface area contributed by atoms with Gasteiger partial charge in [-0.25, -0.2) is 0 Å². The molecule has 0 radical (unpaired) electrons. The molecule has 0 aromatic heterocycles. The van der Waals surface area contributed by atoms with Crippen LogP contribution in [0, 0.1) is 0 Å². The fourth-order valence-electron chi connectivity index (χ4n) is 1.23. The number of carbonyl (C=O) groups is 1. The van der Waals surface area contributed by atoms with E-state index in [1.807, 2.05) is 27.7 Å². The van der Waals surface area contributed by atoms with Crippen molar-refractivity contribution in [1.29, 1.82) is 0 Å². The molecule has 5 nitrogen and oxygen atoms in total. The van der Waals surface area contributed by atoms with E-state index in [1.54, 1.807) is 0 Å². The van der Waals surface area contributed by atoms with Gasteiger partial charge in [0.05, 0.1) is 18.8 Å². The van der Waals surface area contributed by atoms with E-state index in [1.165, 1.54) is 0 Å². The molecule has 0 aromatic carbocycles. The summed E-state index contributed by atoms with van der Waals surface area (Å²) in [6.45, 7) is 9.05. The smallest absolute Gasteiger partial charge is 0.221 e. The molecule has 0 fully saturated rings. The van der Waals surface area contributed by atoms with Gasteiger partial charge < -0.3 is 20.5 Å². The largest absolute Gasteiger partial charge is 0.389 e. The average molecular weight is 246 g/mol. The predicted octanol–water partition coefficient (Wildman–Crippen LogP) is 0.277. The monoisotopic (exact) mass is 246 g/mol. The topological polar surface area (TPSA) is 70.6 Å². The summed E-state index contributed by atoms with van der Waals surface area (Å²) in [5.74, 6) is 0.0282. The highest BCUT2D eigenvalue weighted by Gasteiger charge is 2.06. The summed E-state index contributed by atoms with van der Waals surface area (Å²) in [6.07, 6.45) is 0.0303. The van der Waals surface area contributed by atoms with Crippen LogP contribution in [0.1, 0.15) is 34.1 Å². The lowest BCUT2D eigenvalue weighted by molar-refractivity contribution is -0.121. The van der Waals surface area contributed by atoms with Crippen molar-refractivity contribution < 1.29 is 14.6 Å². The Bertz CT molecular complexity index is 208. The number of ether oxygens (including phenoxy) is 1. The number of aliphatic hydroxyl groups is 1. The Hall–Kier alpha value is -0.650. The lowest BCUT2D eigenvalue weighted by Crippen LogP contribution is -2.35. The number of aliphatic hydroxyl groups excluding tert-OH is 1. The zero-order valence-corrected chi connectivity index (χ0v) is 11.3. The molecule has 0 saturated heterocycles. The van der Waals surface area contributed by atoms with Crippen molar-refractivity contribution in [3.05, 3.63) is 0 Å². The molecular formula is C12H26N2O3. The molecule has 1 unspecified atom stereocenters. The van der Waals surface area contributed by atoms with E-state index in [2.05, 4.69) is 10.6 Å². The molecule has 3 N–H and O–H groups in total.